The first-order valence-electron chi connectivity index (χ1n) is 10.9. The molecule has 0 saturated carbocycles. The van der Waals surface area contributed by atoms with Gasteiger partial charge in [-0.15, -0.1) is 0 Å². The minimum absolute atomic E-state index is 0.0511. The monoisotopic (exact) mass is 414 g/mol. The van der Waals surface area contributed by atoms with E-state index in [2.05, 4.69) is 22.0 Å². The third-order valence-electron chi connectivity index (χ3n) is 7.10. The van der Waals surface area contributed by atoms with Gasteiger partial charge in [-0.1, -0.05) is 0 Å². The Bertz CT molecular complexity index is 784. The van der Waals surface area contributed by atoms with Crippen LogP contribution in [0.25, 0.3) is 0 Å². The molecule has 0 bridgehead atoms. The Morgan fingerprint density at radius 2 is 1.60 bits per heavy atom. The van der Waals surface area contributed by atoms with Gasteiger partial charge in [0, 0.05) is 63.3 Å². The molecule has 1 N–H and O–H groups in total. The van der Waals surface area contributed by atoms with Gasteiger partial charge in [0.1, 0.15) is 6.42 Å². The number of likely N-dealkylation sites (tertiary alicyclic amines) is 2. The van der Waals surface area contributed by atoms with E-state index in [1.807, 2.05) is 17.3 Å². The second kappa shape index (κ2) is 8.62. The van der Waals surface area contributed by atoms with Gasteiger partial charge >= 0.3 is 5.97 Å². The predicted octanol–water partition coefficient (Wildman–Crippen LogP) is 1.61. The number of carbonyl (C=O) groups is 3. The largest absolute Gasteiger partial charge is 0.481 e. The van der Waals surface area contributed by atoms with Crippen LogP contribution >= 0.6 is 0 Å². The molecule has 162 valence electrons. The van der Waals surface area contributed by atoms with Gasteiger partial charge in [-0.05, 0) is 49.7 Å². The second-order valence-electron chi connectivity index (χ2n) is 8.93. The third-order valence-corrected chi connectivity index (χ3v) is 7.10. The Morgan fingerprint density at radius 3 is 2.23 bits per heavy atom. The van der Waals surface area contributed by atoms with Gasteiger partial charge in [0.05, 0.1) is 0 Å². The maximum absolute atomic E-state index is 13.0. The first kappa shape index (κ1) is 20.6. The number of pyridine rings is 1. The molecule has 1 aromatic rings. The fourth-order valence-electron chi connectivity index (χ4n) is 5.20. The maximum atomic E-state index is 13.0. The molecular formula is C22H30N4O4. The molecule has 1 spiro atoms. The van der Waals surface area contributed by atoms with E-state index in [-0.39, 0.29) is 17.7 Å². The van der Waals surface area contributed by atoms with Crippen molar-refractivity contribution in [2.75, 3.05) is 44.2 Å². The van der Waals surface area contributed by atoms with Crippen LogP contribution in [-0.2, 0) is 14.4 Å². The molecular weight excluding hydrogens is 384 g/mol. The van der Waals surface area contributed by atoms with Crippen molar-refractivity contribution in [2.45, 2.75) is 38.5 Å². The first-order chi connectivity index (χ1) is 14.5. The summed E-state index contributed by atoms with van der Waals surface area (Å²) in [7, 11) is 0. The zero-order chi connectivity index (χ0) is 21.1. The summed E-state index contributed by atoms with van der Waals surface area (Å²) in [5, 5.41) is 8.78. The highest BCUT2D eigenvalue weighted by Gasteiger charge is 2.42. The number of piperidine rings is 2. The third kappa shape index (κ3) is 4.42. The van der Waals surface area contributed by atoms with Gasteiger partial charge in [0.15, 0.2) is 0 Å². The van der Waals surface area contributed by atoms with Gasteiger partial charge in [-0.25, -0.2) is 0 Å². The van der Waals surface area contributed by atoms with Crippen LogP contribution in [0, 0.1) is 11.3 Å². The van der Waals surface area contributed by atoms with Crippen LogP contribution in [0.3, 0.4) is 0 Å². The molecule has 3 fully saturated rings. The maximum Gasteiger partial charge on any atom is 0.312 e. The van der Waals surface area contributed by atoms with E-state index in [1.54, 1.807) is 4.90 Å². The smallest absolute Gasteiger partial charge is 0.312 e. The van der Waals surface area contributed by atoms with E-state index < -0.39 is 12.4 Å². The fourth-order valence-corrected chi connectivity index (χ4v) is 5.20. The number of hydrogen-bond donors (Lipinski definition) is 1. The molecule has 8 nitrogen and oxygen atoms in total. The summed E-state index contributed by atoms with van der Waals surface area (Å²) in [5.74, 6) is -1.30. The Morgan fingerprint density at radius 1 is 0.967 bits per heavy atom. The van der Waals surface area contributed by atoms with Crippen molar-refractivity contribution in [1.82, 2.24) is 14.8 Å². The van der Waals surface area contributed by atoms with Crippen LogP contribution in [0.1, 0.15) is 38.5 Å². The van der Waals surface area contributed by atoms with Crippen molar-refractivity contribution in [3.05, 3.63) is 24.5 Å². The molecule has 4 rings (SSSR count). The van der Waals surface area contributed by atoms with Crippen LogP contribution < -0.4 is 4.90 Å². The lowest BCUT2D eigenvalue weighted by Crippen LogP contribution is -2.49. The summed E-state index contributed by atoms with van der Waals surface area (Å²) in [6.45, 7) is 4.66. The summed E-state index contributed by atoms with van der Waals surface area (Å²) in [6.07, 6.45) is 7.70. The van der Waals surface area contributed by atoms with E-state index in [9.17, 15) is 14.4 Å². The molecule has 4 heterocycles. The van der Waals surface area contributed by atoms with Crippen LogP contribution in [0.5, 0.6) is 0 Å². The first-order valence-corrected chi connectivity index (χ1v) is 10.9. The number of hydrogen-bond acceptors (Lipinski definition) is 5. The van der Waals surface area contributed by atoms with Crippen LogP contribution in [-0.4, -0.2) is 76.9 Å². The Hall–Kier alpha value is -2.64. The number of amides is 2. The number of anilines is 1. The lowest BCUT2D eigenvalue weighted by molar-refractivity contribution is -0.147. The Labute approximate surface area is 176 Å². The van der Waals surface area contributed by atoms with E-state index >= 15 is 0 Å². The van der Waals surface area contributed by atoms with Gasteiger partial charge in [-0.2, -0.15) is 0 Å². The highest BCUT2D eigenvalue weighted by molar-refractivity contribution is 5.93. The summed E-state index contributed by atoms with van der Waals surface area (Å²) < 4.78 is 0. The number of nitrogens with zero attached hydrogens (tertiary/aromatic N) is 4. The van der Waals surface area contributed by atoms with Crippen molar-refractivity contribution in [3.8, 4) is 0 Å². The second-order valence-corrected chi connectivity index (χ2v) is 8.93. The van der Waals surface area contributed by atoms with Crippen molar-refractivity contribution in [2.24, 2.45) is 11.3 Å². The predicted molar refractivity (Wildman–Crippen MR) is 111 cm³/mol. The van der Waals surface area contributed by atoms with Crippen LogP contribution in [0.15, 0.2) is 24.5 Å². The number of aromatic nitrogens is 1. The normalized spacial score (nSPS) is 21.8. The number of aliphatic carboxylic acids is 1. The van der Waals surface area contributed by atoms with Crippen molar-refractivity contribution in [1.29, 1.82) is 0 Å². The lowest BCUT2D eigenvalue weighted by atomic mass is 9.77. The fraction of sp³-hybridized carbons (Fsp3) is 0.636. The quantitative estimate of drug-likeness (QED) is 0.753. The molecule has 0 radical (unpaired) electrons. The number of carboxylic acid groups (broad SMARTS) is 1. The van der Waals surface area contributed by atoms with Gasteiger partial charge in [-0.3, -0.25) is 19.4 Å². The van der Waals surface area contributed by atoms with Gasteiger partial charge in [0.2, 0.25) is 11.8 Å². The summed E-state index contributed by atoms with van der Waals surface area (Å²) in [6, 6.07) is 4.12. The standard InChI is InChI=1S/C22H30N4O4/c27-19(15-20(28)29)24-10-3-17(4-11-24)21(30)25-12-5-22(6-13-25)7-14-26(16-22)18-1-8-23-9-2-18/h1-2,8-9,17H,3-7,10-16H2,(H,28,29). The van der Waals surface area contributed by atoms with Crippen LogP contribution in [0.4, 0.5) is 5.69 Å². The highest BCUT2D eigenvalue weighted by atomic mass is 16.4. The molecule has 0 atom stereocenters. The highest BCUT2D eigenvalue weighted by Crippen LogP contribution is 2.42. The zero-order valence-corrected chi connectivity index (χ0v) is 17.3. The minimum Gasteiger partial charge on any atom is -0.481 e. The van der Waals surface area contributed by atoms with Gasteiger partial charge in [0.25, 0.3) is 0 Å². The van der Waals surface area contributed by atoms with Crippen LogP contribution in [0.2, 0.25) is 0 Å². The zero-order valence-electron chi connectivity index (χ0n) is 17.3. The average Bonchev–Trinajstić information content (AvgIpc) is 3.17. The molecule has 0 aromatic carbocycles. The van der Waals surface area contributed by atoms with Crippen molar-refractivity contribution >= 4 is 23.5 Å². The lowest BCUT2D eigenvalue weighted by Gasteiger charge is -2.41. The molecule has 0 aliphatic carbocycles. The molecule has 3 saturated heterocycles. The topological polar surface area (TPSA) is 94.0 Å². The molecule has 8 heteroatoms. The average molecular weight is 415 g/mol. The minimum atomic E-state index is -1.10. The molecule has 0 unspecified atom stereocenters. The molecule has 2 amide bonds. The summed E-state index contributed by atoms with van der Waals surface area (Å²) in [4.78, 5) is 45.8. The Balaban J connectivity index is 1.25. The van der Waals surface area contributed by atoms with Crippen molar-refractivity contribution in [3.63, 3.8) is 0 Å². The molecule has 3 aliphatic rings. The SMILES string of the molecule is O=C(O)CC(=O)N1CCC(C(=O)N2CCC3(CC2)CCN(c2ccncc2)C3)CC1. The van der Waals surface area contributed by atoms with E-state index in [0.717, 1.165) is 39.0 Å². The number of carboxylic acids is 1. The Kier molecular flexibility index (Phi) is 5.92. The molecule has 1 aromatic heterocycles. The molecule has 30 heavy (non-hydrogen) atoms. The summed E-state index contributed by atoms with van der Waals surface area (Å²) in [5.41, 5.74) is 1.52. The molecule has 3 aliphatic heterocycles. The van der Waals surface area contributed by atoms with Crippen molar-refractivity contribution < 1.29 is 19.5 Å². The van der Waals surface area contributed by atoms with E-state index in [1.165, 1.54) is 12.1 Å². The van der Waals surface area contributed by atoms with Gasteiger partial charge < -0.3 is 19.8 Å². The summed E-state index contributed by atoms with van der Waals surface area (Å²) >= 11 is 0. The number of rotatable bonds is 4. The number of carbonyl (C=O) groups excluding carboxylic acids is 2. The van der Waals surface area contributed by atoms with E-state index in [0.29, 0.717) is 31.3 Å². The van der Waals surface area contributed by atoms with E-state index in [4.69, 9.17) is 5.11 Å².